The van der Waals surface area contributed by atoms with E-state index >= 15 is 0 Å². The lowest BCUT2D eigenvalue weighted by molar-refractivity contribution is 0.254. The Hall–Kier alpha value is 0.0700. The molecule has 0 atom stereocenters. The van der Waals surface area contributed by atoms with E-state index in [4.69, 9.17) is 19.2 Å². The van der Waals surface area contributed by atoms with Gasteiger partial charge in [-0.2, -0.15) is 0 Å². The third-order valence-corrected chi connectivity index (χ3v) is 7.48. The van der Waals surface area contributed by atoms with Crippen LogP contribution in [0.25, 0.3) is 0 Å². The second-order valence-electron chi connectivity index (χ2n) is 11.5. The maximum absolute atomic E-state index is 8.88. The molecule has 0 spiro atoms. The van der Waals surface area contributed by atoms with Crippen LogP contribution in [-0.4, -0.2) is 39.2 Å². The first kappa shape index (κ1) is 40.2. The maximum atomic E-state index is 8.88. The second-order valence-corrected chi connectivity index (χ2v) is 12.5. The number of rotatable bonds is 29. The molecule has 0 heterocycles. The molecular formula is C32H70NO4P. The van der Waals surface area contributed by atoms with Gasteiger partial charge in [0.15, 0.2) is 0 Å². The molecule has 0 bridgehead atoms. The molecule has 0 rings (SSSR count). The number of hydrogen-bond donors (Lipinski definition) is 3. The molecule has 232 valence electrons. The Bertz CT molecular complexity index is 448. The highest BCUT2D eigenvalue weighted by atomic mass is 31.2. The van der Waals surface area contributed by atoms with Crippen molar-refractivity contribution in [2.24, 2.45) is 0 Å². The lowest BCUT2D eigenvalue weighted by atomic mass is 10.0. The fourth-order valence-electron chi connectivity index (χ4n) is 5.10. The van der Waals surface area contributed by atoms with Crippen LogP contribution in [0.15, 0.2) is 0 Å². The lowest BCUT2D eigenvalue weighted by Gasteiger charge is -2.22. The predicted octanol–water partition coefficient (Wildman–Crippen LogP) is 10.6. The molecule has 3 N–H and O–H groups in total. The summed E-state index contributed by atoms with van der Waals surface area (Å²) in [6.45, 7) is 11.0. The maximum Gasteiger partial charge on any atom is 0.466 e. The Balaban J connectivity index is 0. The molecular weight excluding hydrogens is 493 g/mol. The molecule has 0 aromatic carbocycles. The van der Waals surface area contributed by atoms with Gasteiger partial charge in [0.05, 0.1) is 0 Å². The zero-order valence-corrected chi connectivity index (χ0v) is 27.0. The van der Waals surface area contributed by atoms with Crippen molar-refractivity contribution in [2.45, 2.75) is 188 Å². The molecule has 0 saturated carbocycles. The fraction of sp³-hybridized carbons (Fsp3) is 1.00. The number of phosphoric acid groups is 1. The minimum atomic E-state index is -4.64. The summed E-state index contributed by atoms with van der Waals surface area (Å²) in [5, 5.41) is 0. The summed E-state index contributed by atoms with van der Waals surface area (Å²) in [5.41, 5.74) is 0. The van der Waals surface area contributed by atoms with Crippen molar-refractivity contribution in [3.8, 4) is 0 Å². The Morgan fingerprint density at radius 1 is 0.368 bits per heavy atom. The largest absolute Gasteiger partial charge is 0.466 e. The SMILES string of the molecule is CCCCCCCCCCCCCCCCN(CCCCCCCC)CCCCCCCC.O=P(O)(O)O. The van der Waals surface area contributed by atoms with Gasteiger partial charge in [0.1, 0.15) is 0 Å². The molecule has 0 aliphatic carbocycles. The highest BCUT2D eigenvalue weighted by Crippen LogP contribution is 2.25. The van der Waals surface area contributed by atoms with Crippen molar-refractivity contribution < 1.29 is 19.2 Å². The van der Waals surface area contributed by atoms with E-state index in [0.717, 1.165) is 0 Å². The average Bonchev–Trinajstić information content (AvgIpc) is 2.86. The van der Waals surface area contributed by atoms with Gasteiger partial charge in [-0.15, -0.1) is 0 Å². The summed E-state index contributed by atoms with van der Waals surface area (Å²) >= 11 is 0. The molecule has 0 aliphatic heterocycles. The van der Waals surface area contributed by atoms with Crippen molar-refractivity contribution in [2.75, 3.05) is 19.6 Å². The van der Waals surface area contributed by atoms with E-state index in [1.54, 1.807) is 0 Å². The van der Waals surface area contributed by atoms with E-state index in [2.05, 4.69) is 25.7 Å². The van der Waals surface area contributed by atoms with Crippen LogP contribution in [-0.2, 0) is 4.57 Å². The molecule has 0 aromatic heterocycles. The summed E-state index contributed by atoms with van der Waals surface area (Å²) in [5.74, 6) is 0. The summed E-state index contributed by atoms with van der Waals surface area (Å²) in [7, 11) is -4.64. The summed E-state index contributed by atoms with van der Waals surface area (Å²) in [6, 6.07) is 0. The van der Waals surface area contributed by atoms with Crippen LogP contribution in [0.5, 0.6) is 0 Å². The molecule has 5 nitrogen and oxygen atoms in total. The second kappa shape index (κ2) is 33.3. The fourth-order valence-corrected chi connectivity index (χ4v) is 5.10. The zero-order chi connectivity index (χ0) is 28.6. The van der Waals surface area contributed by atoms with Crippen LogP contribution in [0.4, 0.5) is 0 Å². The van der Waals surface area contributed by atoms with Gasteiger partial charge < -0.3 is 19.6 Å². The smallest absolute Gasteiger partial charge is 0.303 e. The standard InChI is InChI=1S/C32H67N.H3O4P/c1-4-7-10-13-16-17-18-19-20-21-22-23-26-29-32-33(30-27-24-14-11-8-5-2)31-28-25-15-12-9-6-3;1-5(2,3)4/h4-32H2,1-3H3;(H3,1,2,3,4). The van der Waals surface area contributed by atoms with Gasteiger partial charge >= 0.3 is 7.82 Å². The normalized spacial score (nSPS) is 11.7. The van der Waals surface area contributed by atoms with Gasteiger partial charge in [0.2, 0.25) is 0 Å². The molecule has 6 heteroatoms. The van der Waals surface area contributed by atoms with Gasteiger partial charge in [0, 0.05) is 0 Å². The van der Waals surface area contributed by atoms with Crippen molar-refractivity contribution >= 4 is 7.82 Å². The minimum absolute atomic E-state index is 1.36. The molecule has 0 amide bonds. The quantitative estimate of drug-likeness (QED) is 0.0623. The lowest BCUT2D eigenvalue weighted by Crippen LogP contribution is -2.27. The van der Waals surface area contributed by atoms with E-state index in [0.29, 0.717) is 0 Å². The van der Waals surface area contributed by atoms with Crippen LogP contribution in [0.3, 0.4) is 0 Å². The third-order valence-electron chi connectivity index (χ3n) is 7.48. The van der Waals surface area contributed by atoms with Crippen LogP contribution < -0.4 is 0 Å². The van der Waals surface area contributed by atoms with E-state index in [1.807, 2.05) is 0 Å². The average molecular weight is 564 g/mol. The van der Waals surface area contributed by atoms with Crippen molar-refractivity contribution in [3.05, 3.63) is 0 Å². The number of nitrogens with zero attached hydrogens (tertiary/aromatic N) is 1. The number of hydrogen-bond acceptors (Lipinski definition) is 2. The van der Waals surface area contributed by atoms with Crippen LogP contribution in [0.1, 0.15) is 188 Å². The minimum Gasteiger partial charge on any atom is -0.303 e. The van der Waals surface area contributed by atoms with Gasteiger partial charge in [-0.3, -0.25) is 0 Å². The van der Waals surface area contributed by atoms with Crippen molar-refractivity contribution in [1.29, 1.82) is 0 Å². The van der Waals surface area contributed by atoms with Crippen molar-refractivity contribution in [3.63, 3.8) is 0 Å². The molecule has 0 aromatic rings. The molecule has 0 saturated heterocycles. The Kier molecular flexibility index (Phi) is 35.2. The van der Waals surface area contributed by atoms with Crippen LogP contribution >= 0.6 is 7.82 Å². The highest BCUT2D eigenvalue weighted by Gasteiger charge is 2.05. The molecule has 38 heavy (non-hydrogen) atoms. The summed E-state index contributed by atoms with van der Waals surface area (Å²) < 4.78 is 8.88. The van der Waals surface area contributed by atoms with Crippen LogP contribution in [0, 0.1) is 0 Å². The first-order valence-corrected chi connectivity index (χ1v) is 18.4. The first-order chi connectivity index (χ1) is 18.3. The topological polar surface area (TPSA) is 81.0 Å². The van der Waals surface area contributed by atoms with E-state index in [9.17, 15) is 0 Å². The van der Waals surface area contributed by atoms with Gasteiger partial charge in [-0.1, -0.05) is 168 Å². The zero-order valence-electron chi connectivity index (χ0n) is 26.2. The summed E-state index contributed by atoms with van der Waals surface area (Å²) in [4.78, 5) is 24.4. The van der Waals surface area contributed by atoms with Crippen LogP contribution in [0.2, 0.25) is 0 Å². The highest BCUT2D eigenvalue weighted by molar-refractivity contribution is 7.45. The Labute approximate surface area is 239 Å². The Morgan fingerprint density at radius 3 is 0.711 bits per heavy atom. The molecule has 0 fully saturated rings. The van der Waals surface area contributed by atoms with Gasteiger partial charge in [0.25, 0.3) is 0 Å². The van der Waals surface area contributed by atoms with E-state index in [1.165, 1.54) is 187 Å². The van der Waals surface area contributed by atoms with E-state index in [-0.39, 0.29) is 0 Å². The molecule has 0 radical (unpaired) electrons. The van der Waals surface area contributed by atoms with Gasteiger partial charge in [-0.05, 0) is 38.9 Å². The Morgan fingerprint density at radius 2 is 0.526 bits per heavy atom. The summed E-state index contributed by atoms with van der Waals surface area (Å²) in [6.07, 6.45) is 37.7. The van der Waals surface area contributed by atoms with Gasteiger partial charge in [-0.25, -0.2) is 4.57 Å². The molecule has 0 unspecified atom stereocenters. The van der Waals surface area contributed by atoms with Crippen molar-refractivity contribution in [1.82, 2.24) is 4.90 Å². The molecule has 0 aliphatic rings. The number of unbranched alkanes of at least 4 members (excludes halogenated alkanes) is 23. The first-order valence-electron chi connectivity index (χ1n) is 16.9. The van der Waals surface area contributed by atoms with E-state index < -0.39 is 7.82 Å². The monoisotopic (exact) mass is 564 g/mol. The predicted molar refractivity (Wildman–Crippen MR) is 168 cm³/mol. The third kappa shape index (κ3) is 43.1.